The van der Waals surface area contributed by atoms with Crippen LogP contribution in [0.25, 0.3) is 10.8 Å². The minimum atomic E-state index is -3.88. The van der Waals surface area contributed by atoms with Crippen molar-refractivity contribution < 1.29 is 17.9 Å². The number of fused-ring (bicyclic) bond motifs is 1. The molecule has 0 fully saturated rings. The minimum Gasteiger partial charge on any atom is -0.493 e. The lowest BCUT2D eigenvalue weighted by atomic mass is 10.1. The molecule has 0 aliphatic rings. The number of primary sulfonamides is 1. The van der Waals surface area contributed by atoms with Gasteiger partial charge in [-0.1, -0.05) is 0 Å². The van der Waals surface area contributed by atoms with Gasteiger partial charge in [0.1, 0.15) is 0 Å². The molecule has 0 aliphatic carbocycles. The highest BCUT2D eigenvalue weighted by atomic mass is 32.2. The zero-order valence-corrected chi connectivity index (χ0v) is 10.7. The Morgan fingerprint density at radius 3 is 2.33 bits per heavy atom. The molecule has 7 heteroatoms. The van der Waals surface area contributed by atoms with Gasteiger partial charge in [-0.3, -0.25) is 0 Å². The zero-order valence-electron chi connectivity index (χ0n) is 9.88. The predicted molar refractivity (Wildman–Crippen MR) is 66.2 cm³/mol. The molecule has 0 amide bonds. The van der Waals surface area contributed by atoms with Crippen molar-refractivity contribution in [3.63, 3.8) is 0 Å². The fourth-order valence-electron chi connectivity index (χ4n) is 1.70. The van der Waals surface area contributed by atoms with Gasteiger partial charge in [0.25, 0.3) is 10.0 Å². The number of benzene rings is 1. The molecule has 0 bridgehead atoms. The number of hydrogen-bond donors (Lipinski definition) is 1. The third-order valence-electron chi connectivity index (χ3n) is 2.50. The fourth-order valence-corrected chi connectivity index (χ4v) is 2.39. The normalized spacial score (nSPS) is 11.5. The molecule has 6 nitrogen and oxygen atoms in total. The minimum absolute atomic E-state index is 0.180. The summed E-state index contributed by atoms with van der Waals surface area (Å²) in [5.41, 5.74) is 0. The summed E-state index contributed by atoms with van der Waals surface area (Å²) >= 11 is 0. The first-order valence-corrected chi connectivity index (χ1v) is 6.55. The van der Waals surface area contributed by atoms with Gasteiger partial charge >= 0.3 is 0 Å². The molecule has 0 saturated carbocycles. The highest BCUT2D eigenvalue weighted by Gasteiger charge is 2.16. The molecular formula is C11H12N2O4S. The van der Waals surface area contributed by atoms with E-state index in [-0.39, 0.29) is 5.03 Å². The van der Waals surface area contributed by atoms with Gasteiger partial charge in [-0.15, -0.1) is 0 Å². The first kappa shape index (κ1) is 12.6. The molecule has 96 valence electrons. The molecule has 1 heterocycles. The van der Waals surface area contributed by atoms with E-state index in [0.29, 0.717) is 22.3 Å². The molecule has 0 radical (unpaired) electrons. The van der Waals surface area contributed by atoms with E-state index in [9.17, 15) is 8.42 Å². The molecular weight excluding hydrogens is 256 g/mol. The number of nitrogens with two attached hydrogens (primary N) is 1. The summed E-state index contributed by atoms with van der Waals surface area (Å²) in [7, 11) is -0.907. The maximum Gasteiger partial charge on any atom is 0.256 e. The summed E-state index contributed by atoms with van der Waals surface area (Å²) in [6, 6.07) is 4.89. The summed E-state index contributed by atoms with van der Waals surface area (Å²) < 4.78 is 33.2. The fraction of sp³-hybridized carbons (Fsp3) is 0.182. The van der Waals surface area contributed by atoms with Crippen LogP contribution in [0.2, 0.25) is 0 Å². The van der Waals surface area contributed by atoms with Gasteiger partial charge in [-0.2, -0.15) is 0 Å². The van der Waals surface area contributed by atoms with Crippen molar-refractivity contribution in [2.24, 2.45) is 5.14 Å². The van der Waals surface area contributed by atoms with Crippen LogP contribution in [0.5, 0.6) is 11.5 Å². The maximum absolute atomic E-state index is 11.4. The zero-order chi connectivity index (χ0) is 13.3. The highest BCUT2D eigenvalue weighted by molar-refractivity contribution is 7.89. The lowest BCUT2D eigenvalue weighted by Gasteiger charge is -2.10. The number of sulfonamides is 1. The lowest BCUT2D eigenvalue weighted by Crippen LogP contribution is -2.14. The van der Waals surface area contributed by atoms with E-state index < -0.39 is 10.0 Å². The number of hydrogen-bond acceptors (Lipinski definition) is 5. The molecule has 0 aliphatic heterocycles. The number of ether oxygens (including phenoxy) is 2. The number of rotatable bonds is 3. The first-order valence-electron chi connectivity index (χ1n) is 5.01. The van der Waals surface area contributed by atoms with E-state index in [0.717, 1.165) is 0 Å². The highest BCUT2D eigenvalue weighted by Crippen LogP contribution is 2.33. The van der Waals surface area contributed by atoms with Gasteiger partial charge in [0.15, 0.2) is 16.5 Å². The number of methoxy groups -OCH3 is 2. The van der Waals surface area contributed by atoms with Crippen LogP contribution in [0.4, 0.5) is 0 Å². The van der Waals surface area contributed by atoms with Crippen molar-refractivity contribution in [2.45, 2.75) is 5.03 Å². The maximum atomic E-state index is 11.4. The Hall–Kier alpha value is -1.86. The van der Waals surface area contributed by atoms with E-state index >= 15 is 0 Å². The smallest absolute Gasteiger partial charge is 0.256 e. The molecule has 0 spiro atoms. The van der Waals surface area contributed by atoms with Crippen LogP contribution < -0.4 is 14.6 Å². The number of aromatic nitrogens is 1. The van der Waals surface area contributed by atoms with Gasteiger partial charge in [-0.05, 0) is 23.6 Å². The molecule has 0 atom stereocenters. The van der Waals surface area contributed by atoms with Crippen molar-refractivity contribution in [1.82, 2.24) is 4.98 Å². The number of nitrogens with zero attached hydrogens (tertiary/aromatic N) is 1. The van der Waals surface area contributed by atoms with Crippen LogP contribution in [-0.4, -0.2) is 27.6 Å². The van der Waals surface area contributed by atoms with Gasteiger partial charge in [0.05, 0.1) is 14.2 Å². The molecule has 0 saturated heterocycles. The van der Waals surface area contributed by atoms with E-state index in [1.54, 1.807) is 18.2 Å². The lowest BCUT2D eigenvalue weighted by molar-refractivity contribution is 0.356. The predicted octanol–water partition coefficient (Wildman–Crippen LogP) is 0.899. The SMILES string of the molecule is COc1cc2ccnc(S(N)(=O)=O)c2cc1OC. The Balaban J connectivity index is 2.86. The number of pyridine rings is 1. The van der Waals surface area contributed by atoms with E-state index in [2.05, 4.69) is 4.98 Å². The summed E-state index contributed by atoms with van der Waals surface area (Å²) in [4.78, 5) is 3.80. The second-order valence-corrected chi connectivity index (χ2v) is 5.07. The first-order chi connectivity index (χ1) is 8.47. The van der Waals surface area contributed by atoms with Crippen molar-refractivity contribution in [2.75, 3.05) is 14.2 Å². The van der Waals surface area contributed by atoms with E-state index in [1.165, 1.54) is 20.4 Å². The summed E-state index contributed by atoms with van der Waals surface area (Å²) in [5, 5.41) is 6.00. The summed E-state index contributed by atoms with van der Waals surface area (Å²) in [5.74, 6) is 0.930. The van der Waals surface area contributed by atoms with Crippen LogP contribution in [0.1, 0.15) is 0 Å². The standard InChI is InChI=1S/C11H12N2O4S/c1-16-9-5-7-3-4-13-11(18(12,14)15)8(7)6-10(9)17-2/h3-6H,1-2H3,(H2,12,14,15). The topological polar surface area (TPSA) is 91.5 Å². The van der Waals surface area contributed by atoms with Crippen LogP contribution in [-0.2, 0) is 10.0 Å². The van der Waals surface area contributed by atoms with Crippen LogP contribution in [0, 0.1) is 0 Å². The third-order valence-corrected chi connectivity index (χ3v) is 3.37. The van der Waals surface area contributed by atoms with Gasteiger partial charge < -0.3 is 9.47 Å². The molecule has 1 aromatic carbocycles. The summed E-state index contributed by atoms with van der Waals surface area (Å²) in [6.45, 7) is 0. The van der Waals surface area contributed by atoms with Crippen molar-refractivity contribution in [3.8, 4) is 11.5 Å². The van der Waals surface area contributed by atoms with Crippen LogP contribution in [0.3, 0.4) is 0 Å². The Morgan fingerprint density at radius 1 is 1.17 bits per heavy atom. The van der Waals surface area contributed by atoms with Gasteiger partial charge in [0.2, 0.25) is 0 Å². The average molecular weight is 268 g/mol. The van der Waals surface area contributed by atoms with Gasteiger partial charge in [-0.25, -0.2) is 18.5 Å². The Labute approximate surface area is 104 Å². The molecule has 2 N–H and O–H groups in total. The Bertz CT molecular complexity index is 698. The van der Waals surface area contributed by atoms with E-state index in [1.807, 2.05) is 0 Å². The monoisotopic (exact) mass is 268 g/mol. The largest absolute Gasteiger partial charge is 0.493 e. The van der Waals surface area contributed by atoms with Crippen LogP contribution >= 0.6 is 0 Å². The van der Waals surface area contributed by atoms with E-state index in [4.69, 9.17) is 14.6 Å². The molecule has 1 aromatic heterocycles. The Kier molecular flexibility index (Phi) is 3.10. The summed E-state index contributed by atoms with van der Waals surface area (Å²) in [6.07, 6.45) is 1.38. The van der Waals surface area contributed by atoms with Gasteiger partial charge in [0, 0.05) is 11.6 Å². The molecule has 2 rings (SSSR count). The second-order valence-electron chi connectivity index (χ2n) is 3.59. The Morgan fingerprint density at radius 2 is 1.78 bits per heavy atom. The second kappa shape index (κ2) is 4.43. The quantitative estimate of drug-likeness (QED) is 0.893. The van der Waals surface area contributed by atoms with Crippen LogP contribution in [0.15, 0.2) is 29.4 Å². The van der Waals surface area contributed by atoms with Crippen molar-refractivity contribution in [1.29, 1.82) is 0 Å². The molecule has 0 unspecified atom stereocenters. The van der Waals surface area contributed by atoms with Crippen molar-refractivity contribution >= 4 is 20.8 Å². The average Bonchev–Trinajstić information content (AvgIpc) is 2.35. The molecule has 2 aromatic rings. The molecule has 18 heavy (non-hydrogen) atoms. The van der Waals surface area contributed by atoms with Crippen molar-refractivity contribution in [3.05, 3.63) is 24.4 Å². The third kappa shape index (κ3) is 2.09.